The summed E-state index contributed by atoms with van der Waals surface area (Å²) in [5.41, 5.74) is 1.38. The summed E-state index contributed by atoms with van der Waals surface area (Å²) in [6, 6.07) is 0. The molecule has 82 valence electrons. The van der Waals surface area contributed by atoms with E-state index in [2.05, 4.69) is 36.3 Å². The van der Waals surface area contributed by atoms with E-state index < -0.39 is 0 Å². The van der Waals surface area contributed by atoms with Crippen molar-refractivity contribution in [3.05, 3.63) is 74.2 Å². The van der Waals surface area contributed by atoms with Crippen molar-refractivity contribution in [1.29, 1.82) is 0 Å². The fourth-order valence-electron chi connectivity index (χ4n) is 0.878. The summed E-state index contributed by atoms with van der Waals surface area (Å²) in [5, 5.41) is 0. The largest absolute Gasteiger partial charge is 0.255 e. The summed E-state index contributed by atoms with van der Waals surface area (Å²) in [6.07, 6.45) is 13.2. The number of aliphatic imine (C=N–C) groups is 2. The number of rotatable bonds is 7. The Hall–Kier alpha value is -2.22. The molecule has 0 bridgehead atoms. The average Bonchev–Trinajstić information content (AvgIpc) is 2.30. The second kappa shape index (κ2) is 9.34. The summed E-state index contributed by atoms with van der Waals surface area (Å²) in [6.45, 7) is 14.4. The number of hydrogen-bond donors (Lipinski definition) is 0. The van der Waals surface area contributed by atoms with E-state index in [1.165, 1.54) is 0 Å². The second-order valence-electron chi connectivity index (χ2n) is 2.60. The van der Waals surface area contributed by atoms with Crippen molar-refractivity contribution in [2.45, 2.75) is 0 Å². The molecule has 0 amide bonds. The zero-order valence-corrected chi connectivity index (χ0v) is 9.34. The van der Waals surface area contributed by atoms with Gasteiger partial charge >= 0.3 is 0 Å². The highest BCUT2D eigenvalue weighted by Crippen LogP contribution is 2.13. The van der Waals surface area contributed by atoms with Crippen LogP contribution in [0.4, 0.5) is 0 Å². The predicted molar refractivity (Wildman–Crippen MR) is 73.9 cm³/mol. The van der Waals surface area contributed by atoms with Crippen LogP contribution in [-0.4, -0.2) is 12.4 Å². The third-order valence-electron chi connectivity index (χ3n) is 1.45. The maximum absolute atomic E-state index is 4.19. The van der Waals surface area contributed by atoms with Crippen LogP contribution >= 0.6 is 0 Å². The molecule has 0 spiro atoms. The molecule has 0 N–H and O–H groups in total. The molecule has 0 aliphatic heterocycles. The van der Waals surface area contributed by atoms with E-state index in [9.17, 15) is 0 Å². The van der Waals surface area contributed by atoms with E-state index in [1.54, 1.807) is 48.9 Å². The van der Waals surface area contributed by atoms with Gasteiger partial charge in [0.1, 0.15) is 0 Å². The molecule has 0 fully saturated rings. The Morgan fingerprint density at radius 1 is 0.625 bits per heavy atom. The molecule has 0 radical (unpaired) electrons. The van der Waals surface area contributed by atoms with Crippen molar-refractivity contribution in [1.82, 2.24) is 0 Å². The molecule has 0 aliphatic rings. The Balaban J connectivity index is 5.25. The van der Waals surface area contributed by atoms with Gasteiger partial charge in [-0.05, 0) is 12.2 Å². The van der Waals surface area contributed by atoms with E-state index in [0.717, 1.165) is 0 Å². The van der Waals surface area contributed by atoms with E-state index in [1.807, 2.05) is 0 Å². The minimum absolute atomic E-state index is 0.688. The van der Waals surface area contributed by atoms with Gasteiger partial charge in [-0.25, -0.2) is 0 Å². The molecule has 0 unspecified atom stereocenters. The van der Waals surface area contributed by atoms with E-state index in [0.29, 0.717) is 11.4 Å². The molecule has 0 saturated heterocycles. The number of nitrogens with zero attached hydrogens (tertiary/aromatic N) is 2. The summed E-state index contributed by atoms with van der Waals surface area (Å²) >= 11 is 0. The lowest BCUT2D eigenvalue weighted by molar-refractivity contribution is 1.25. The zero-order chi connectivity index (χ0) is 12.2. The van der Waals surface area contributed by atoms with Crippen molar-refractivity contribution >= 4 is 12.4 Å². The van der Waals surface area contributed by atoms with Crippen LogP contribution in [0.2, 0.25) is 0 Å². The fourth-order valence-corrected chi connectivity index (χ4v) is 0.878. The maximum Gasteiger partial charge on any atom is 0.0885 e. The van der Waals surface area contributed by atoms with Crippen LogP contribution in [-0.2, 0) is 0 Å². The van der Waals surface area contributed by atoms with Crippen LogP contribution in [0.15, 0.2) is 84.2 Å². The van der Waals surface area contributed by atoms with Gasteiger partial charge in [0.15, 0.2) is 0 Å². The highest BCUT2D eigenvalue weighted by molar-refractivity contribution is 5.74. The minimum Gasteiger partial charge on any atom is -0.255 e. The lowest BCUT2D eigenvalue weighted by Crippen LogP contribution is -1.85. The van der Waals surface area contributed by atoms with Crippen LogP contribution in [0.25, 0.3) is 0 Å². The highest BCUT2D eigenvalue weighted by atomic mass is 14.8. The van der Waals surface area contributed by atoms with E-state index in [-0.39, 0.29) is 0 Å². The SMILES string of the molecule is C=CC=NC(=CC=C)C(=CC=C)N=CC=C. The van der Waals surface area contributed by atoms with Crippen LogP contribution in [0.1, 0.15) is 0 Å². The third-order valence-corrected chi connectivity index (χ3v) is 1.45. The molecule has 0 aromatic rings. The van der Waals surface area contributed by atoms with E-state index >= 15 is 0 Å². The van der Waals surface area contributed by atoms with Crippen LogP contribution < -0.4 is 0 Å². The normalized spacial score (nSPS) is 13.0. The first-order valence-corrected chi connectivity index (χ1v) is 4.76. The average molecular weight is 212 g/mol. The number of hydrogen-bond acceptors (Lipinski definition) is 2. The van der Waals surface area contributed by atoms with Crippen LogP contribution in [0.3, 0.4) is 0 Å². The van der Waals surface area contributed by atoms with Gasteiger partial charge < -0.3 is 0 Å². The Kier molecular flexibility index (Phi) is 8.04. The molecule has 0 atom stereocenters. The molecule has 2 heteroatoms. The van der Waals surface area contributed by atoms with Gasteiger partial charge in [0.2, 0.25) is 0 Å². The monoisotopic (exact) mass is 212 g/mol. The van der Waals surface area contributed by atoms with Gasteiger partial charge in [0.05, 0.1) is 11.4 Å². The minimum atomic E-state index is 0.688. The molecule has 0 saturated carbocycles. The summed E-state index contributed by atoms with van der Waals surface area (Å²) in [7, 11) is 0. The first-order valence-electron chi connectivity index (χ1n) is 4.76. The molecule has 2 nitrogen and oxygen atoms in total. The van der Waals surface area contributed by atoms with Crippen LogP contribution in [0, 0.1) is 0 Å². The third kappa shape index (κ3) is 5.50. The van der Waals surface area contributed by atoms with Gasteiger partial charge in [0, 0.05) is 12.4 Å². The summed E-state index contributed by atoms with van der Waals surface area (Å²) in [5.74, 6) is 0. The number of allylic oxidation sites excluding steroid dienone is 6. The van der Waals surface area contributed by atoms with Gasteiger partial charge in [-0.3, -0.25) is 9.98 Å². The van der Waals surface area contributed by atoms with Crippen molar-refractivity contribution in [2.75, 3.05) is 0 Å². The molecule has 16 heavy (non-hydrogen) atoms. The van der Waals surface area contributed by atoms with Crippen molar-refractivity contribution in [3.63, 3.8) is 0 Å². The topological polar surface area (TPSA) is 24.7 Å². The smallest absolute Gasteiger partial charge is 0.0885 e. The van der Waals surface area contributed by atoms with E-state index in [4.69, 9.17) is 0 Å². The van der Waals surface area contributed by atoms with Crippen molar-refractivity contribution in [2.24, 2.45) is 9.98 Å². The zero-order valence-electron chi connectivity index (χ0n) is 9.34. The highest BCUT2D eigenvalue weighted by Gasteiger charge is 1.98. The second-order valence-corrected chi connectivity index (χ2v) is 2.60. The lowest BCUT2D eigenvalue weighted by atomic mass is 10.2. The Labute approximate surface area is 97.1 Å². The Bertz CT molecular complexity index is 342. The molecule has 0 aromatic carbocycles. The van der Waals surface area contributed by atoms with Gasteiger partial charge in [-0.2, -0.15) is 0 Å². The lowest BCUT2D eigenvalue weighted by Gasteiger charge is -2.00. The molecule has 0 heterocycles. The first kappa shape index (κ1) is 13.8. The fraction of sp³-hybridized carbons (Fsp3) is 0. The molecule has 0 aliphatic carbocycles. The van der Waals surface area contributed by atoms with Crippen LogP contribution in [0.5, 0.6) is 0 Å². The van der Waals surface area contributed by atoms with Gasteiger partial charge in [-0.15, -0.1) is 0 Å². The van der Waals surface area contributed by atoms with Gasteiger partial charge in [-0.1, -0.05) is 50.6 Å². The summed E-state index contributed by atoms with van der Waals surface area (Å²) < 4.78 is 0. The molecular formula is C14H16N2. The Morgan fingerprint density at radius 3 is 1.25 bits per heavy atom. The maximum atomic E-state index is 4.19. The van der Waals surface area contributed by atoms with Crippen molar-refractivity contribution < 1.29 is 0 Å². The molecule has 0 aromatic heterocycles. The quantitative estimate of drug-likeness (QED) is 0.454. The predicted octanol–water partition coefficient (Wildman–Crippen LogP) is 3.64. The molecule has 0 rings (SSSR count). The van der Waals surface area contributed by atoms with Crippen molar-refractivity contribution in [3.8, 4) is 0 Å². The standard InChI is InChI=1S/C14H16N2/c1-5-9-13(15-11-7-3)14(10-6-2)16-12-8-4/h5-12H,1-4H2. The Morgan fingerprint density at radius 2 is 1.00 bits per heavy atom. The summed E-state index contributed by atoms with van der Waals surface area (Å²) in [4.78, 5) is 8.37. The molecular weight excluding hydrogens is 196 g/mol. The van der Waals surface area contributed by atoms with Gasteiger partial charge in [0.25, 0.3) is 0 Å². The first-order chi connectivity index (χ1) is 7.79.